The number of amides is 1. The van der Waals surface area contributed by atoms with Gasteiger partial charge in [-0.3, -0.25) is 4.79 Å². The van der Waals surface area contributed by atoms with Crippen molar-refractivity contribution in [2.24, 2.45) is 5.73 Å². The van der Waals surface area contributed by atoms with Gasteiger partial charge in [-0.05, 0) is 54.8 Å². The summed E-state index contributed by atoms with van der Waals surface area (Å²) in [7, 11) is 0. The Morgan fingerprint density at radius 2 is 1.81 bits per heavy atom. The molecule has 0 fully saturated rings. The van der Waals surface area contributed by atoms with Crippen LogP contribution < -0.4 is 11.1 Å². The van der Waals surface area contributed by atoms with Crippen LogP contribution in [0, 0.1) is 5.82 Å². The van der Waals surface area contributed by atoms with Gasteiger partial charge < -0.3 is 11.1 Å². The molecule has 0 saturated carbocycles. The Labute approximate surface area is 124 Å². The molecule has 2 rings (SSSR count). The zero-order chi connectivity index (χ0) is 15.1. The number of halogens is 1. The molecule has 2 aromatic rings. The first-order valence-corrected chi connectivity index (χ1v) is 7.00. The summed E-state index contributed by atoms with van der Waals surface area (Å²) < 4.78 is 13.0. The fourth-order valence-electron chi connectivity index (χ4n) is 2.10. The lowest BCUT2D eigenvalue weighted by Gasteiger charge is -2.06. The summed E-state index contributed by atoms with van der Waals surface area (Å²) in [6, 6.07) is 13.8. The molecule has 3 N–H and O–H groups in total. The SMILES string of the molecule is NCCc1ccc(C(=O)NCCc2cccc(F)c2)cc1. The molecular weight excluding hydrogens is 267 g/mol. The highest BCUT2D eigenvalue weighted by Gasteiger charge is 2.05. The van der Waals surface area contributed by atoms with E-state index in [1.807, 2.05) is 18.2 Å². The molecule has 21 heavy (non-hydrogen) atoms. The van der Waals surface area contributed by atoms with Gasteiger partial charge in [0, 0.05) is 12.1 Å². The van der Waals surface area contributed by atoms with Gasteiger partial charge in [-0.15, -0.1) is 0 Å². The van der Waals surface area contributed by atoms with Crippen LogP contribution >= 0.6 is 0 Å². The predicted molar refractivity (Wildman–Crippen MR) is 81.6 cm³/mol. The Kier molecular flexibility index (Phi) is 5.46. The van der Waals surface area contributed by atoms with Gasteiger partial charge in [0.1, 0.15) is 5.82 Å². The van der Waals surface area contributed by atoms with Crippen molar-refractivity contribution >= 4 is 5.91 Å². The quantitative estimate of drug-likeness (QED) is 0.856. The summed E-state index contributed by atoms with van der Waals surface area (Å²) in [5.74, 6) is -0.375. The molecule has 0 aliphatic rings. The van der Waals surface area contributed by atoms with E-state index in [0.717, 1.165) is 17.5 Å². The summed E-state index contributed by atoms with van der Waals surface area (Å²) in [6.07, 6.45) is 1.41. The minimum Gasteiger partial charge on any atom is -0.352 e. The van der Waals surface area contributed by atoms with Crippen LogP contribution in [0.15, 0.2) is 48.5 Å². The molecule has 0 bridgehead atoms. The lowest BCUT2D eigenvalue weighted by atomic mass is 10.1. The van der Waals surface area contributed by atoms with Crippen molar-refractivity contribution in [2.75, 3.05) is 13.1 Å². The molecule has 3 nitrogen and oxygen atoms in total. The van der Waals surface area contributed by atoms with Crippen molar-refractivity contribution in [1.29, 1.82) is 0 Å². The normalized spacial score (nSPS) is 10.4. The lowest BCUT2D eigenvalue weighted by molar-refractivity contribution is 0.0954. The molecule has 0 unspecified atom stereocenters. The van der Waals surface area contributed by atoms with Gasteiger partial charge in [0.15, 0.2) is 0 Å². The first kappa shape index (κ1) is 15.2. The van der Waals surface area contributed by atoms with Gasteiger partial charge in [0.05, 0.1) is 0 Å². The van der Waals surface area contributed by atoms with Crippen LogP contribution in [0.3, 0.4) is 0 Å². The largest absolute Gasteiger partial charge is 0.352 e. The van der Waals surface area contributed by atoms with Crippen LogP contribution in [0.4, 0.5) is 4.39 Å². The van der Waals surface area contributed by atoms with Crippen LogP contribution in [-0.2, 0) is 12.8 Å². The minimum absolute atomic E-state index is 0.120. The van der Waals surface area contributed by atoms with Crippen LogP contribution in [-0.4, -0.2) is 19.0 Å². The standard InChI is InChI=1S/C17H19FN2O/c18-16-3-1-2-14(12-16)9-11-20-17(21)15-6-4-13(5-7-15)8-10-19/h1-7,12H,8-11,19H2,(H,20,21). The van der Waals surface area contributed by atoms with Gasteiger partial charge in [-0.25, -0.2) is 4.39 Å². The van der Waals surface area contributed by atoms with Gasteiger partial charge in [0.25, 0.3) is 5.91 Å². The van der Waals surface area contributed by atoms with Crippen molar-refractivity contribution in [1.82, 2.24) is 5.32 Å². The highest BCUT2D eigenvalue weighted by atomic mass is 19.1. The number of carbonyl (C=O) groups excluding carboxylic acids is 1. The summed E-state index contributed by atoms with van der Waals surface area (Å²) in [5, 5.41) is 2.83. The maximum absolute atomic E-state index is 13.0. The van der Waals surface area contributed by atoms with Crippen molar-refractivity contribution in [3.63, 3.8) is 0 Å². The van der Waals surface area contributed by atoms with Gasteiger partial charge >= 0.3 is 0 Å². The maximum Gasteiger partial charge on any atom is 0.251 e. The summed E-state index contributed by atoms with van der Waals surface area (Å²) in [5.41, 5.74) is 8.09. The molecule has 0 atom stereocenters. The van der Waals surface area contributed by atoms with Crippen molar-refractivity contribution in [3.8, 4) is 0 Å². The average molecular weight is 286 g/mol. The number of carbonyl (C=O) groups is 1. The fourth-order valence-corrected chi connectivity index (χ4v) is 2.10. The van der Waals surface area contributed by atoms with E-state index in [1.165, 1.54) is 12.1 Å². The third-order valence-corrected chi connectivity index (χ3v) is 3.24. The monoisotopic (exact) mass is 286 g/mol. The fraction of sp³-hybridized carbons (Fsp3) is 0.235. The zero-order valence-electron chi connectivity index (χ0n) is 11.8. The van der Waals surface area contributed by atoms with Gasteiger partial charge in [0.2, 0.25) is 0 Å². The highest BCUT2D eigenvalue weighted by molar-refractivity contribution is 5.94. The van der Waals surface area contributed by atoms with Crippen molar-refractivity contribution in [3.05, 3.63) is 71.0 Å². The molecule has 0 radical (unpaired) electrons. The molecule has 2 aromatic carbocycles. The van der Waals surface area contributed by atoms with Crippen molar-refractivity contribution in [2.45, 2.75) is 12.8 Å². The minimum atomic E-state index is -0.255. The van der Waals surface area contributed by atoms with E-state index in [2.05, 4.69) is 5.32 Å². The number of nitrogens with one attached hydrogen (secondary N) is 1. The maximum atomic E-state index is 13.0. The van der Waals surface area contributed by atoms with E-state index in [9.17, 15) is 9.18 Å². The second kappa shape index (κ2) is 7.55. The smallest absolute Gasteiger partial charge is 0.251 e. The average Bonchev–Trinajstić information content (AvgIpc) is 2.48. The summed E-state index contributed by atoms with van der Waals surface area (Å²) in [4.78, 5) is 12.0. The van der Waals surface area contributed by atoms with E-state index in [4.69, 9.17) is 5.73 Å². The first-order chi connectivity index (χ1) is 10.2. The van der Waals surface area contributed by atoms with Crippen LogP contribution in [0.2, 0.25) is 0 Å². The van der Waals surface area contributed by atoms with E-state index in [0.29, 0.717) is 25.1 Å². The summed E-state index contributed by atoms with van der Waals surface area (Å²) in [6.45, 7) is 1.08. The topological polar surface area (TPSA) is 55.1 Å². The third kappa shape index (κ3) is 4.68. The Morgan fingerprint density at radius 3 is 2.48 bits per heavy atom. The second-order valence-corrected chi connectivity index (χ2v) is 4.87. The van der Waals surface area contributed by atoms with Gasteiger partial charge in [-0.1, -0.05) is 24.3 Å². The molecule has 0 aliphatic heterocycles. The molecule has 0 heterocycles. The zero-order valence-corrected chi connectivity index (χ0v) is 11.8. The second-order valence-electron chi connectivity index (χ2n) is 4.87. The van der Waals surface area contributed by atoms with E-state index in [-0.39, 0.29) is 11.7 Å². The molecule has 0 spiro atoms. The Hall–Kier alpha value is -2.20. The molecular formula is C17H19FN2O. The molecule has 4 heteroatoms. The number of rotatable bonds is 6. The molecule has 0 saturated heterocycles. The van der Waals surface area contributed by atoms with Gasteiger partial charge in [-0.2, -0.15) is 0 Å². The highest BCUT2D eigenvalue weighted by Crippen LogP contribution is 2.06. The van der Waals surface area contributed by atoms with Crippen LogP contribution in [0.5, 0.6) is 0 Å². The Bertz CT molecular complexity index is 596. The first-order valence-electron chi connectivity index (χ1n) is 7.00. The van der Waals surface area contributed by atoms with E-state index >= 15 is 0 Å². The number of nitrogens with two attached hydrogens (primary N) is 1. The predicted octanol–water partition coefficient (Wildman–Crippen LogP) is 2.30. The Balaban J connectivity index is 1.84. The molecule has 0 aliphatic carbocycles. The molecule has 0 aromatic heterocycles. The van der Waals surface area contributed by atoms with Crippen LogP contribution in [0.1, 0.15) is 21.5 Å². The van der Waals surface area contributed by atoms with E-state index in [1.54, 1.807) is 18.2 Å². The van der Waals surface area contributed by atoms with Crippen molar-refractivity contribution < 1.29 is 9.18 Å². The number of benzene rings is 2. The van der Waals surface area contributed by atoms with E-state index < -0.39 is 0 Å². The number of hydrogen-bond donors (Lipinski definition) is 2. The molecule has 1 amide bonds. The van der Waals surface area contributed by atoms with Crippen LogP contribution in [0.25, 0.3) is 0 Å². The number of hydrogen-bond acceptors (Lipinski definition) is 2. The third-order valence-electron chi connectivity index (χ3n) is 3.24. The lowest BCUT2D eigenvalue weighted by Crippen LogP contribution is -2.25. The summed E-state index contributed by atoms with van der Waals surface area (Å²) >= 11 is 0. The Morgan fingerprint density at radius 1 is 1.05 bits per heavy atom. The molecule has 110 valence electrons.